The Balaban J connectivity index is 1.34. The number of nitrogens with zero attached hydrogens (tertiary/aromatic N) is 4. The van der Waals surface area contributed by atoms with Crippen molar-refractivity contribution in [1.29, 1.82) is 0 Å². The molecule has 3 fully saturated rings. The van der Waals surface area contributed by atoms with Gasteiger partial charge in [-0.1, -0.05) is 0 Å². The number of likely N-dealkylation sites (tertiary alicyclic amines) is 1. The normalized spacial score (nSPS) is 24.6. The van der Waals surface area contributed by atoms with Crippen molar-refractivity contribution in [3.05, 3.63) is 12.4 Å². The molecule has 0 bridgehead atoms. The van der Waals surface area contributed by atoms with Gasteiger partial charge in [-0.3, -0.25) is 4.79 Å². The summed E-state index contributed by atoms with van der Waals surface area (Å²) < 4.78 is 0. The van der Waals surface area contributed by atoms with E-state index in [-0.39, 0.29) is 12.6 Å². The van der Waals surface area contributed by atoms with Crippen LogP contribution in [0.25, 0.3) is 0 Å². The number of hydrogen-bond donors (Lipinski definition) is 2. The molecule has 4 rings (SSSR count). The summed E-state index contributed by atoms with van der Waals surface area (Å²) in [6.07, 6.45) is 7.76. The summed E-state index contributed by atoms with van der Waals surface area (Å²) in [5.74, 6) is 2.39. The number of rotatable bonds is 5. The lowest BCUT2D eigenvalue weighted by Gasteiger charge is -2.33. The summed E-state index contributed by atoms with van der Waals surface area (Å²) in [7, 11) is 0. The molecule has 2 N–H and O–H groups in total. The van der Waals surface area contributed by atoms with Gasteiger partial charge in [-0.25, -0.2) is 9.97 Å². The molecule has 0 aromatic carbocycles. The second-order valence-corrected chi connectivity index (χ2v) is 7.45. The van der Waals surface area contributed by atoms with Gasteiger partial charge in [0.15, 0.2) is 0 Å². The molecule has 7 nitrogen and oxygen atoms in total. The van der Waals surface area contributed by atoms with Gasteiger partial charge in [0.25, 0.3) is 0 Å². The smallest absolute Gasteiger partial charge is 0.225 e. The maximum Gasteiger partial charge on any atom is 0.225 e. The van der Waals surface area contributed by atoms with Crippen LogP contribution in [0.2, 0.25) is 0 Å². The molecule has 25 heavy (non-hydrogen) atoms. The van der Waals surface area contributed by atoms with Crippen molar-refractivity contribution in [2.24, 2.45) is 5.92 Å². The first kappa shape index (κ1) is 16.6. The molecule has 1 aromatic heterocycles. The van der Waals surface area contributed by atoms with Crippen molar-refractivity contribution in [3.8, 4) is 0 Å². The van der Waals surface area contributed by atoms with Gasteiger partial charge in [-0.15, -0.1) is 0 Å². The molecule has 0 spiro atoms. The molecule has 2 aliphatic heterocycles. The Kier molecular flexibility index (Phi) is 4.74. The molecule has 0 unspecified atom stereocenters. The SMILES string of the molecule is O=C(C1CC1)N1CCC(Nc2cc(N3CCC[C@@H]3CO)ncn2)CC1. The Morgan fingerprint density at radius 1 is 1.16 bits per heavy atom. The molecule has 1 amide bonds. The van der Waals surface area contributed by atoms with Crippen molar-refractivity contribution in [1.82, 2.24) is 14.9 Å². The van der Waals surface area contributed by atoms with E-state index < -0.39 is 0 Å². The average molecular weight is 345 g/mol. The first-order valence-corrected chi connectivity index (χ1v) is 9.49. The van der Waals surface area contributed by atoms with Crippen LogP contribution < -0.4 is 10.2 Å². The number of piperidine rings is 1. The van der Waals surface area contributed by atoms with Crippen LogP contribution in [0.4, 0.5) is 11.6 Å². The van der Waals surface area contributed by atoms with Crippen LogP contribution in [-0.2, 0) is 4.79 Å². The largest absolute Gasteiger partial charge is 0.394 e. The lowest BCUT2D eigenvalue weighted by molar-refractivity contribution is -0.133. The molecule has 2 saturated heterocycles. The number of anilines is 2. The van der Waals surface area contributed by atoms with Crippen LogP contribution in [0.1, 0.15) is 38.5 Å². The predicted molar refractivity (Wildman–Crippen MR) is 95.4 cm³/mol. The molecule has 7 heteroatoms. The number of aliphatic hydroxyl groups excluding tert-OH is 1. The Morgan fingerprint density at radius 3 is 2.68 bits per heavy atom. The van der Waals surface area contributed by atoms with E-state index in [1.54, 1.807) is 6.33 Å². The Hall–Kier alpha value is -1.89. The second-order valence-electron chi connectivity index (χ2n) is 7.45. The van der Waals surface area contributed by atoms with E-state index >= 15 is 0 Å². The van der Waals surface area contributed by atoms with E-state index in [4.69, 9.17) is 0 Å². The zero-order valence-corrected chi connectivity index (χ0v) is 14.6. The standard InChI is InChI=1S/C18H27N5O2/c24-11-15-2-1-7-23(15)17-10-16(19-12-20-17)21-14-5-8-22(9-6-14)18(25)13-3-4-13/h10,12-15,24H,1-9,11H2,(H,19,20,21)/t15-/m1/s1. The van der Waals surface area contributed by atoms with Crippen LogP contribution in [0.3, 0.4) is 0 Å². The monoisotopic (exact) mass is 345 g/mol. The van der Waals surface area contributed by atoms with Crippen molar-refractivity contribution >= 4 is 17.5 Å². The van der Waals surface area contributed by atoms with Gasteiger partial charge in [0.05, 0.1) is 12.6 Å². The highest BCUT2D eigenvalue weighted by atomic mass is 16.3. The Morgan fingerprint density at radius 2 is 1.96 bits per heavy atom. The van der Waals surface area contributed by atoms with Gasteiger partial charge < -0.3 is 20.2 Å². The number of amides is 1. The van der Waals surface area contributed by atoms with Crippen LogP contribution in [0.5, 0.6) is 0 Å². The third-order valence-electron chi connectivity index (χ3n) is 5.62. The van der Waals surface area contributed by atoms with Gasteiger partial charge >= 0.3 is 0 Å². The number of carbonyl (C=O) groups is 1. The van der Waals surface area contributed by atoms with Gasteiger partial charge in [-0.05, 0) is 38.5 Å². The number of aromatic nitrogens is 2. The maximum atomic E-state index is 12.1. The van der Waals surface area contributed by atoms with Gasteiger partial charge in [0, 0.05) is 37.7 Å². The number of hydrogen-bond acceptors (Lipinski definition) is 6. The van der Waals surface area contributed by atoms with Gasteiger partial charge in [0.1, 0.15) is 18.0 Å². The third-order valence-corrected chi connectivity index (χ3v) is 5.62. The summed E-state index contributed by atoms with van der Waals surface area (Å²) >= 11 is 0. The average Bonchev–Trinajstić information content (AvgIpc) is 3.39. The fourth-order valence-electron chi connectivity index (χ4n) is 3.95. The second kappa shape index (κ2) is 7.15. The predicted octanol–water partition coefficient (Wildman–Crippen LogP) is 1.25. The number of aliphatic hydroxyl groups is 1. The molecule has 1 aliphatic carbocycles. The Labute approximate surface area is 148 Å². The summed E-state index contributed by atoms with van der Waals surface area (Å²) in [6.45, 7) is 2.77. The van der Waals surface area contributed by atoms with E-state index in [0.717, 1.165) is 69.8 Å². The molecule has 1 saturated carbocycles. The molecule has 1 aromatic rings. The molecule has 136 valence electrons. The first-order chi connectivity index (χ1) is 12.2. The fourth-order valence-corrected chi connectivity index (χ4v) is 3.95. The number of nitrogens with one attached hydrogen (secondary N) is 1. The van der Waals surface area contributed by atoms with E-state index in [0.29, 0.717) is 17.9 Å². The highest BCUT2D eigenvalue weighted by Crippen LogP contribution is 2.32. The lowest BCUT2D eigenvalue weighted by Crippen LogP contribution is -2.43. The van der Waals surface area contributed by atoms with E-state index in [1.807, 2.05) is 11.0 Å². The zero-order valence-electron chi connectivity index (χ0n) is 14.6. The molecule has 1 atom stereocenters. The van der Waals surface area contributed by atoms with E-state index in [1.165, 1.54) is 0 Å². The maximum absolute atomic E-state index is 12.1. The quantitative estimate of drug-likeness (QED) is 0.836. The van der Waals surface area contributed by atoms with Crippen LogP contribution in [0.15, 0.2) is 12.4 Å². The minimum absolute atomic E-state index is 0.166. The van der Waals surface area contributed by atoms with Crippen molar-refractivity contribution in [2.75, 3.05) is 36.5 Å². The Bertz CT molecular complexity index is 613. The van der Waals surface area contributed by atoms with E-state index in [9.17, 15) is 9.90 Å². The van der Waals surface area contributed by atoms with Crippen LogP contribution in [0, 0.1) is 5.92 Å². The summed E-state index contributed by atoms with van der Waals surface area (Å²) in [4.78, 5) is 25.1. The minimum atomic E-state index is 0.166. The lowest BCUT2D eigenvalue weighted by atomic mass is 10.0. The molecular weight excluding hydrogens is 318 g/mol. The summed E-state index contributed by atoms with van der Waals surface area (Å²) in [5.41, 5.74) is 0. The summed E-state index contributed by atoms with van der Waals surface area (Å²) in [6, 6.07) is 2.49. The van der Waals surface area contributed by atoms with Crippen LogP contribution >= 0.6 is 0 Å². The molecule has 3 aliphatic rings. The highest BCUT2D eigenvalue weighted by Gasteiger charge is 2.35. The summed E-state index contributed by atoms with van der Waals surface area (Å²) in [5, 5.41) is 13.0. The molecular formula is C18H27N5O2. The van der Waals surface area contributed by atoms with Crippen molar-refractivity contribution in [3.63, 3.8) is 0 Å². The van der Waals surface area contributed by atoms with Crippen molar-refractivity contribution < 1.29 is 9.90 Å². The molecule has 0 radical (unpaired) electrons. The minimum Gasteiger partial charge on any atom is -0.394 e. The zero-order chi connectivity index (χ0) is 17.2. The topological polar surface area (TPSA) is 81.6 Å². The first-order valence-electron chi connectivity index (χ1n) is 9.49. The fraction of sp³-hybridized carbons (Fsp3) is 0.722. The van der Waals surface area contributed by atoms with Crippen molar-refractivity contribution in [2.45, 2.75) is 50.6 Å². The van der Waals surface area contributed by atoms with Gasteiger partial charge in [-0.2, -0.15) is 0 Å². The van der Waals surface area contributed by atoms with Crippen LogP contribution in [-0.4, -0.2) is 64.2 Å². The third kappa shape index (κ3) is 3.71. The highest BCUT2D eigenvalue weighted by molar-refractivity contribution is 5.81. The van der Waals surface area contributed by atoms with Gasteiger partial charge in [0.2, 0.25) is 5.91 Å². The number of carbonyl (C=O) groups excluding carboxylic acids is 1. The van der Waals surface area contributed by atoms with E-state index in [2.05, 4.69) is 20.2 Å². The molecule has 3 heterocycles.